The zero-order valence-electron chi connectivity index (χ0n) is 11.4. The molecule has 21 heavy (non-hydrogen) atoms. The number of nitrogens with one attached hydrogen (secondary N) is 1. The lowest BCUT2D eigenvalue weighted by atomic mass is 10.2. The van der Waals surface area contributed by atoms with E-state index in [0.717, 1.165) is 9.32 Å². The van der Waals surface area contributed by atoms with E-state index in [9.17, 15) is 4.79 Å². The first-order valence-electron chi connectivity index (χ1n) is 6.03. The lowest BCUT2D eigenvalue weighted by Gasteiger charge is -2.09. The second kappa shape index (κ2) is 7.00. The Morgan fingerprint density at radius 3 is 2.33 bits per heavy atom. The van der Waals surface area contributed by atoms with E-state index in [4.69, 9.17) is 21.1 Å². The maximum Gasteiger partial charge on any atom is 0.255 e. The fourth-order valence-electron chi connectivity index (χ4n) is 1.76. The first-order valence-corrected chi connectivity index (χ1v) is 7.49. The summed E-state index contributed by atoms with van der Waals surface area (Å²) in [7, 11) is 3.13. The maximum atomic E-state index is 12.2. The van der Waals surface area contributed by atoms with Crippen molar-refractivity contribution in [2.75, 3.05) is 19.5 Å². The molecule has 0 spiro atoms. The van der Waals surface area contributed by atoms with Gasteiger partial charge in [0.2, 0.25) is 0 Å². The number of methoxy groups -OCH3 is 2. The van der Waals surface area contributed by atoms with Gasteiger partial charge in [0.25, 0.3) is 5.91 Å². The van der Waals surface area contributed by atoms with Gasteiger partial charge in [0.1, 0.15) is 11.5 Å². The predicted molar refractivity (Wildman–Crippen MR) is 91.7 cm³/mol. The number of halogens is 2. The Hall–Kier alpha value is -1.47. The van der Waals surface area contributed by atoms with E-state index >= 15 is 0 Å². The third-order valence-corrected chi connectivity index (χ3v) is 3.96. The van der Waals surface area contributed by atoms with Crippen molar-refractivity contribution >= 4 is 45.8 Å². The van der Waals surface area contributed by atoms with Crippen LogP contribution in [0.4, 0.5) is 5.69 Å². The molecule has 0 aliphatic heterocycles. The summed E-state index contributed by atoms with van der Waals surface area (Å²) in [6.45, 7) is 0. The van der Waals surface area contributed by atoms with Crippen molar-refractivity contribution in [2.45, 2.75) is 0 Å². The van der Waals surface area contributed by atoms with E-state index < -0.39 is 0 Å². The highest BCUT2D eigenvalue weighted by Crippen LogP contribution is 2.28. The Kier molecular flexibility index (Phi) is 5.30. The third kappa shape index (κ3) is 3.79. The second-order valence-corrected chi connectivity index (χ2v) is 5.72. The Balaban J connectivity index is 2.18. The van der Waals surface area contributed by atoms with Gasteiger partial charge in [-0.15, -0.1) is 0 Å². The van der Waals surface area contributed by atoms with Gasteiger partial charge < -0.3 is 14.8 Å². The largest absolute Gasteiger partial charge is 0.496 e. The average molecular weight is 418 g/mol. The quantitative estimate of drug-likeness (QED) is 0.758. The van der Waals surface area contributed by atoms with Crippen molar-refractivity contribution < 1.29 is 14.3 Å². The van der Waals surface area contributed by atoms with Crippen LogP contribution < -0.4 is 14.8 Å². The number of anilines is 1. The fraction of sp³-hybridized carbons (Fsp3) is 0.133. The fourth-order valence-corrected chi connectivity index (χ4v) is 2.75. The van der Waals surface area contributed by atoms with E-state index in [1.807, 2.05) is 0 Å². The molecule has 0 saturated heterocycles. The van der Waals surface area contributed by atoms with Gasteiger partial charge in [-0.05, 0) is 59.0 Å². The van der Waals surface area contributed by atoms with Gasteiger partial charge in [0.15, 0.2) is 0 Å². The lowest BCUT2D eigenvalue weighted by Crippen LogP contribution is -2.12. The molecule has 0 radical (unpaired) electrons. The molecule has 0 unspecified atom stereocenters. The summed E-state index contributed by atoms with van der Waals surface area (Å²) < 4.78 is 11.1. The van der Waals surface area contributed by atoms with E-state index in [1.165, 1.54) is 0 Å². The molecule has 0 fully saturated rings. The smallest absolute Gasteiger partial charge is 0.255 e. The van der Waals surface area contributed by atoms with Gasteiger partial charge >= 0.3 is 0 Å². The van der Waals surface area contributed by atoms with Gasteiger partial charge in [0, 0.05) is 11.3 Å². The highest BCUT2D eigenvalue weighted by molar-refractivity contribution is 14.1. The van der Waals surface area contributed by atoms with Crippen LogP contribution in [0.1, 0.15) is 10.4 Å². The number of carbonyl (C=O) groups is 1. The molecule has 0 atom stereocenters. The van der Waals surface area contributed by atoms with Crippen LogP contribution in [0.25, 0.3) is 0 Å². The Bertz CT molecular complexity index is 676. The van der Waals surface area contributed by atoms with E-state index in [-0.39, 0.29) is 5.91 Å². The Labute approximate surface area is 141 Å². The standard InChI is InChI=1S/C15H13ClINO3/c1-20-13-6-4-10(8-11(13)16)18-15(19)9-3-5-14(21-2)12(17)7-9/h3-8H,1-2H3,(H,18,19). The molecule has 110 valence electrons. The number of ether oxygens (including phenoxy) is 2. The highest BCUT2D eigenvalue weighted by Gasteiger charge is 2.10. The van der Waals surface area contributed by atoms with Crippen LogP contribution in [0.15, 0.2) is 36.4 Å². The molecule has 0 heterocycles. The molecular formula is C15H13ClINO3. The van der Waals surface area contributed by atoms with Crippen molar-refractivity contribution in [3.63, 3.8) is 0 Å². The molecule has 6 heteroatoms. The summed E-state index contributed by atoms with van der Waals surface area (Å²) in [6, 6.07) is 10.3. The van der Waals surface area contributed by atoms with Crippen molar-refractivity contribution in [1.29, 1.82) is 0 Å². The molecule has 0 aliphatic rings. The summed E-state index contributed by atoms with van der Waals surface area (Å²) in [5.74, 6) is 1.09. The number of rotatable bonds is 4. The van der Waals surface area contributed by atoms with Gasteiger partial charge in [-0.3, -0.25) is 4.79 Å². The van der Waals surface area contributed by atoms with E-state index in [2.05, 4.69) is 27.9 Å². The van der Waals surface area contributed by atoms with Crippen LogP contribution in [0.5, 0.6) is 11.5 Å². The number of carbonyl (C=O) groups excluding carboxylic acids is 1. The van der Waals surface area contributed by atoms with Crippen LogP contribution in [0, 0.1) is 3.57 Å². The SMILES string of the molecule is COc1ccc(NC(=O)c2ccc(OC)c(I)c2)cc1Cl. The first-order chi connectivity index (χ1) is 10.0. The molecule has 1 amide bonds. The predicted octanol–water partition coefficient (Wildman–Crippen LogP) is 4.21. The molecule has 2 aromatic carbocycles. The van der Waals surface area contributed by atoms with Crippen molar-refractivity contribution in [1.82, 2.24) is 0 Å². The van der Waals surface area contributed by atoms with Crippen LogP contribution >= 0.6 is 34.2 Å². The van der Waals surface area contributed by atoms with E-state index in [1.54, 1.807) is 50.6 Å². The molecule has 1 N–H and O–H groups in total. The molecular weight excluding hydrogens is 405 g/mol. The topological polar surface area (TPSA) is 47.6 Å². The second-order valence-electron chi connectivity index (χ2n) is 4.15. The van der Waals surface area contributed by atoms with Crippen LogP contribution in [0.2, 0.25) is 5.02 Å². The number of benzene rings is 2. The summed E-state index contributed by atoms with van der Waals surface area (Å²) in [4.78, 5) is 12.2. The minimum Gasteiger partial charge on any atom is -0.496 e. The van der Waals surface area contributed by atoms with Gasteiger partial charge in [-0.25, -0.2) is 0 Å². The minimum atomic E-state index is -0.211. The summed E-state index contributed by atoms with van der Waals surface area (Å²) in [5.41, 5.74) is 1.16. The van der Waals surface area contributed by atoms with Crippen LogP contribution in [0.3, 0.4) is 0 Å². The van der Waals surface area contributed by atoms with Crippen molar-refractivity contribution in [2.24, 2.45) is 0 Å². The monoisotopic (exact) mass is 417 g/mol. The lowest BCUT2D eigenvalue weighted by molar-refractivity contribution is 0.102. The van der Waals surface area contributed by atoms with Crippen LogP contribution in [-0.4, -0.2) is 20.1 Å². The highest BCUT2D eigenvalue weighted by atomic mass is 127. The van der Waals surface area contributed by atoms with Crippen molar-refractivity contribution in [3.8, 4) is 11.5 Å². The van der Waals surface area contributed by atoms with Crippen molar-refractivity contribution in [3.05, 3.63) is 50.6 Å². The molecule has 0 aromatic heterocycles. The van der Waals surface area contributed by atoms with Gasteiger partial charge in [-0.2, -0.15) is 0 Å². The Morgan fingerprint density at radius 1 is 1.10 bits per heavy atom. The average Bonchev–Trinajstić information content (AvgIpc) is 2.47. The molecule has 2 rings (SSSR count). The molecule has 0 saturated carbocycles. The zero-order valence-corrected chi connectivity index (χ0v) is 14.4. The number of hydrogen-bond donors (Lipinski definition) is 1. The zero-order chi connectivity index (χ0) is 15.4. The Morgan fingerprint density at radius 2 is 1.76 bits per heavy atom. The molecule has 0 aliphatic carbocycles. The maximum absolute atomic E-state index is 12.2. The van der Waals surface area contributed by atoms with Gasteiger partial charge in [0.05, 0.1) is 22.8 Å². The van der Waals surface area contributed by atoms with Crippen LogP contribution in [-0.2, 0) is 0 Å². The van der Waals surface area contributed by atoms with Gasteiger partial charge in [-0.1, -0.05) is 11.6 Å². The molecule has 2 aromatic rings. The van der Waals surface area contributed by atoms with E-state index in [0.29, 0.717) is 22.0 Å². The molecule has 4 nitrogen and oxygen atoms in total. The third-order valence-electron chi connectivity index (χ3n) is 2.82. The summed E-state index contributed by atoms with van der Waals surface area (Å²) in [5, 5.41) is 3.24. The summed E-state index contributed by atoms with van der Waals surface area (Å²) >= 11 is 8.15. The minimum absolute atomic E-state index is 0.211. The number of hydrogen-bond acceptors (Lipinski definition) is 3. The number of amides is 1. The first kappa shape index (κ1) is 15.9. The normalized spacial score (nSPS) is 10.1. The molecule has 0 bridgehead atoms. The summed E-state index contributed by atoms with van der Waals surface area (Å²) in [6.07, 6.45) is 0.